The number of nitrogens with one attached hydrogen (secondary N) is 1. The van der Waals surface area contributed by atoms with Crippen LogP contribution < -0.4 is 5.32 Å². The Morgan fingerprint density at radius 3 is 2.40 bits per heavy atom. The van der Waals surface area contributed by atoms with Gasteiger partial charge in [-0.25, -0.2) is 4.79 Å². The topological polar surface area (TPSA) is 95.9 Å². The van der Waals surface area contributed by atoms with Gasteiger partial charge in [-0.1, -0.05) is 55.0 Å². The number of terminal acetylenes is 1. The molecule has 0 aromatic heterocycles. The Bertz CT molecular complexity index is 1170. The summed E-state index contributed by atoms with van der Waals surface area (Å²) in [6.07, 6.45) is 7.19. The molecule has 7 heteroatoms. The van der Waals surface area contributed by atoms with Crippen LogP contribution in [0, 0.1) is 17.8 Å². The molecule has 3 aliphatic rings. The Hall–Kier alpha value is -3.79. The Balaban J connectivity index is 1.26. The van der Waals surface area contributed by atoms with Crippen molar-refractivity contribution >= 4 is 18.0 Å². The van der Waals surface area contributed by atoms with Crippen molar-refractivity contribution in [3.8, 4) is 23.5 Å². The summed E-state index contributed by atoms with van der Waals surface area (Å²) in [5.41, 5.74) is 3.57. The maximum atomic E-state index is 13.3. The first-order valence-corrected chi connectivity index (χ1v) is 12.0. The number of hydrogen-bond donors (Lipinski definition) is 2. The maximum Gasteiger partial charge on any atom is 0.407 e. The highest BCUT2D eigenvalue weighted by Gasteiger charge is 2.57. The van der Waals surface area contributed by atoms with Crippen molar-refractivity contribution in [1.82, 2.24) is 10.2 Å². The fraction of sp³-hybridized carbons (Fsp3) is 0.393. The van der Waals surface area contributed by atoms with Crippen LogP contribution >= 0.6 is 0 Å². The molecule has 2 aromatic rings. The van der Waals surface area contributed by atoms with Crippen LogP contribution in [0.15, 0.2) is 48.5 Å². The third-order valence-electron chi connectivity index (χ3n) is 7.88. The molecule has 1 saturated carbocycles. The number of alkyl carbamates (subject to hydrolysis) is 1. The summed E-state index contributed by atoms with van der Waals surface area (Å²) in [7, 11) is 0. The Morgan fingerprint density at radius 2 is 1.77 bits per heavy atom. The van der Waals surface area contributed by atoms with Gasteiger partial charge in [0, 0.05) is 24.9 Å². The van der Waals surface area contributed by atoms with E-state index in [1.807, 2.05) is 36.4 Å². The Kier molecular flexibility index (Phi) is 5.98. The fourth-order valence-electron chi connectivity index (χ4n) is 6.20. The molecule has 35 heavy (non-hydrogen) atoms. The van der Waals surface area contributed by atoms with Crippen LogP contribution in [-0.4, -0.2) is 53.2 Å². The number of aliphatic carboxylic acids is 1. The van der Waals surface area contributed by atoms with Crippen LogP contribution in [0.25, 0.3) is 11.1 Å². The van der Waals surface area contributed by atoms with E-state index in [1.165, 1.54) is 0 Å². The zero-order valence-corrected chi connectivity index (χ0v) is 19.4. The van der Waals surface area contributed by atoms with Gasteiger partial charge in [-0.2, -0.15) is 0 Å². The number of rotatable bonds is 6. The smallest absolute Gasteiger partial charge is 0.407 e. The molecule has 5 rings (SSSR count). The number of carboxylic acid groups (broad SMARTS) is 1. The Morgan fingerprint density at radius 1 is 1.11 bits per heavy atom. The van der Waals surface area contributed by atoms with Crippen LogP contribution in [0.4, 0.5) is 4.79 Å². The lowest BCUT2D eigenvalue weighted by atomic mass is 9.82. The predicted molar refractivity (Wildman–Crippen MR) is 129 cm³/mol. The fourth-order valence-corrected chi connectivity index (χ4v) is 6.20. The number of nitrogens with zero attached hydrogens (tertiary/aromatic N) is 1. The standard InChI is InChI=1S/C28H28N2O5/c1-2-8-23(25(31)30-16-15-28(26(32)33)14-7-13-24(28)30)29-27(34)35-17-22-20-11-5-3-9-18(20)19-10-4-6-12-21(19)22/h1,3-6,9-12,22-24H,7-8,13-17H2,(H,29,34)(H,32,33). The second-order valence-electron chi connectivity index (χ2n) is 9.58. The van der Waals surface area contributed by atoms with Gasteiger partial charge in [0.2, 0.25) is 5.91 Å². The zero-order chi connectivity index (χ0) is 24.6. The molecule has 3 atom stereocenters. The number of hydrogen-bond acceptors (Lipinski definition) is 4. The first kappa shape index (κ1) is 23.0. The van der Waals surface area contributed by atoms with Crippen molar-refractivity contribution in [2.24, 2.45) is 5.41 Å². The molecule has 2 amide bonds. The number of amides is 2. The molecule has 0 spiro atoms. The van der Waals surface area contributed by atoms with Gasteiger partial charge in [0.05, 0.1) is 5.41 Å². The molecule has 2 aliphatic carbocycles. The average molecular weight is 473 g/mol. The summed E-state index contributed by atoms with van der Waals surface area (Å²) in [5, 5.41) is 12.5. The van der Waals surface area contributed by atoms with Gasteiger partial charge in [-0.15, -0.1) is 12.3 Å². The normalized spacial score (nSPS) is 23.1. The lowest BCUT2D eigenvalue weighted by Gasteiger charge is -2.31. The first-order chi connectivity index (χ1) is 17.0. The van der Waals surface area contributed by atoms with E-state index >= 15 is 0 Å². The summed E-state index contributed by atoms with van der Waals surface area (Å²) < 4.78 is 5.59. The number of likely N-dealkylation sites (tertiary alicyclic amines) is 1. The molecule has 3 unspecified atom stereocenters. The van der Waals surface area contributed by atoms with Crippen LogP contribution in [0.1, 0.15) is 49.1 Å². The minimum Gasteiger partial charge on any atom is -0.481 e. The van der Waals surface area contributed by atoms with E-state index in [-0.39, 0.29) is 30.9 Å². The molecule has 2 N–H and O–H groups in total. The van der Waals surface area contributed by atoms with E-state index in [2.05, 4.69) is 23.4 Å². The summed E-state index contributed by atoms with van der Waals surface area (Å²) in [5.74, 6) is 1.17. The molecule has 1 aliphatic heterocycles. The number of carboxylic acids is 1. The molecule has 7 nitrogen and oxygen atoms in total. The number of benzene rings is 2. The molecule has 2 aromatic carbocycles. The van der Waals surface area contributed by atoms with Gasteiger partial charge in [0.1, 0.15) is 12.6 Å². The van der Waals surface area contributed by atoms with Gasteiger partial charge in [0.15, 0.2) is 0 Å². The minimum atomic E-state index is -0.958. The lowest BCUT2D eigenvalue weighted by Crippen LogP contribution is -2.52. The molecule has 0 radical (unpaired) electrons. The van der Waals surface area contributed by atoms with Crippen LogP contribution in [-0.2, 0) is 14.3 Å². The lowest BCUT2D eigenvalue weighted by molar-refractivity contribution is -0.150. The van der Waals surface area contributed by atoms with E-state index < -0.39 is 23.5 Å². The number of fused-ring (bicyclic) bond motifs is 4. The largest absolute Gasteiger partial charge is 0.481 e. The summed E-state index contributed by atoms with van der Waals surface area (Å²) in [6, 6.07) is 14.8. The van der Waals surface area contributed by atoms with Crippen LogP contribution in [0.2, 0.25) is 0 Å². The van der Waals surface area contributed by atoms with Crippen molar-refractivity contribution in [1.29, 1.82) is 0 Å². The van der Waals surface area contributed by atoms with Gasteiger partial charge >= 0.3 is 12.1 Å². The minimum absolute atomic E-state index is 0.00627. The molecule has 1 heterocycles. The van der Waals surface area contributed by atoms with E-state index in [9.17, 15) is 19.5 Å². The maximum absolute atomic E-state index is 13.3. The molecule has 2 fully saturated rings. The van der Waals surface area contributed by atoms with Crippen LogP contribution in [0.3, 0.4) is 0 Å². The molecule has 0 bridgehead atoms. The number of ether oxygens (including phenoxy) is 1. The quantitative estimate of drug-likeness (QED) is 0.624. The highest BCUT2D eigenvalue weighted by atomic mass is 16.5. The molecular weight excluding hydrogens is 444 g/mol. The summed E-state index contributed by atoms with van der Waals surface area (Å²) in [4.78, 5) is 39.7. The number of carbonyl (C=O) groups is 3. The summed E-state index contributed by atoms with van der Waals surface area (Å²) >= 11 is 0. The van der Waals surface area contributed by atoms with Crippen molar-refractivity contribution in [3.63, 3.8) is 0 Å². The van der Waals surface area contributed by atoms with Crippen molar-refractivity contribution in [2.75, 3.05) is 13.2 Å². The Labute approximate surface area is 204 Å². The predicted octanol–water partition coefficient (Wildman–Crippen LogP) is 3.77. The van der Waals surface area contributed by atoms with Gasteiger partial charge in [-0.3, -0.25) is 9.59 Å². The van der Waals surface area contributed by atoms with Crippen LogP contribution in [0.5, 0.6) is 0 Å². The van der Waals surface area contributed by atoms with Gasteiger partial charge < -0.3 is 20.1 Å². The van der Waals surface area contributed by atoms with Crippen molar-refractivity contribution in [2.45, 2.75) is 50.1 Å². The molecule has 180 valence electrons. The monoisotopic (exact) mass is 472 g/mol. The summed E-state index contributed by atoms with van der Waals surface area (Å²) in [6.45, 7) is 0.481. The zero-order valence-electron chi connectivity index (χ0n) is 19.4. The van der Waals surface area contributed by atoms with Crippen molar-refractivity contribution in [3.05, 3.63) is 59.7 Å². The second-order valence-corrected chi connectivity index (χ2v) is 9.58. The van der Waals surface area contributed by atoms with E-state index in [0.29, 0.717) is 25.8 Å². The number of carbonyl (C=O) groups excluding carboxylic acids is 2. The van der Waals surface area contributed by atoms with E-state index in [0.717, 1.165) is 28.7 Å². The molecular formula is C28H28N2O5. The first-order valence-electron chi connectivity index (χ1n) is 12.0. The van der Waals surface area contributed by atoms with Gasteiger partial charge in [-0.05, 0) is 41.5 Å². The molecule has 1 saturated heterocycles. The van der Waals surface area contributed by atoms with E-state index in [4.69, 9.17) is 11.2 Å². The van der Waals surface area contributed by atoms with Crippen molar-refractivity contribution < 1.29 is 24.2 Å². The second kappa shape index (κ2) is 9.10. The SMILES string of the molecule is C#CCC(NC(=O)OCC1c2ccccc2-c2ccccc21)C(=O)N1CCC2(C(=O)O)CCCC12. The third kappa shape index (κ3) is 3.83. The van der Waals surface area contributed by atoms with E-state index in [1.54, 1.807) is 4.90 Å². The highest BCUT2D eigenvalue weighted by molar-refractivity contribution is 5.88. The third-order valence-corrected chi connectivity index (χ3v) is 7.88. The highest BCUT2D eigenvalue weighted by Crippen LogP contribution is 2.49. The van der Waals surface area contributed by atoms with Gasteiger partial charge in [0.25, 0.3) is 0 Å². The average Bonchev–Trinajstić information content (AvgIpc) is 3.53.